The number of aryl methyl sites for hydroxylation is 3. The van der Waals surface area contributed by atoms with E-state index >= 15 is 0 Å². The van der Waals surface area contributed by atoms with Crippen molar-refractivity contribution in [3.05, 3.63) is 45.3 Å². The Bertz CT molecular complexity index is 644. The van der Waals surface area contributed by atoms with E-state index in [1.165, 1.54) is 32.7 Å². The Hall–Kier alpha value is -1.59. The van der Waals surface area contributed by atoms with Gasteiger partial charge in [-0.15, -0.1) is 11.3 Å². The van der Waals surface area contributed by atoms with Crippen LogP contribution in [0.1, 0.15) is 27.1 Å². The topological polar surface area (TPSA) is 23.8 Å². The first kappa shape index (κ1) is 10.6. The average Bonchev–Trinajstić information content (AvgIpc) is 2.72. The molecule has 0 atom stereocenters. The van der Waals surface area contributed by atoms with Gasteiger partial charge in [-0.2, -0.15) is 5.26 Å². The van der Waals surface area contributed by atoms with Gasteiger partial charge in [0.25, 0.3) is 0 Å². The Balaban J connectivity index is 2.29. The summed E-state index contributed by atoms with van der Waals surface area (Å²) in [6.45, 7) is 4.33. The minimum absolute atomic E-state index is 0.835. The van der Waals surface area contributed by atoms with Gasteiger partial charge in [-0.05, 0) is 55.0 Å². The molecule has 17 heavy (non-hydrogen) atoms. The molecule has 1 aromatic heterocycles. The van der Waals surface area contributed by atoms with E-state index in [-0.39, 0.29) is 0 Å². The number of thiophene rings is 1. The van der Waals surface area contributed by atoms with Crippen molar-refractivity contribution < 1.29 is 0 Å². The second-order valence-electron chi connectivity index (χ2n) is 4.68. The number of hydrogen-bond donors (Lipinski definition) is 0. The molecule has 0 fully saturated rings. The van der Waals surface area contributed by atoms with E-state index in [1.54, 1.807) is 11.3 Å². The van der Waals surface area contributed by atoms with Crippen molar-refractivity contribution in [2.45, 2.75) is 26.7 Å². The van der Waals surface area contributed by atoms with Crippen LogP contribution in [0.2, 0.25) is 0 Å². The lowest BCUT2D eigenvalue weighted by atomic mass is 9.87. The summed E-state index contributed by atoms with van der Waals surface area (Å²) < 4.78 is 0. The van der Waals surface area contributed by atoms with Gasteiger partial charge in [0.1, 0.15) is 10.9 Å². The largest absolute Gasteiger partial charge is 0.192 e. The third-order valence-electron chi connectivity index (χ3n) is 3.43. The number of fused-ring (bicyclic) bond motifs is 3. The fourth-order valence-corrected chi connectivity index (χ4v) is 3.74. The molecule has 0 radical (unpaired) electrons. The molecular weight excluding hydrogens is 226 g/mol. The Labute approximate surface area is 105 Å². The minimum Gasteiger partial charge on any atom is -0.192 e. The zero-order valence-corrected chi connectivity index (χ0v) is 10.8. The standard InChI is InChI=1S/C15H13NS/c1-9-5-10(2)13-4-3-11-7-12(8-16)17-15(11)14(13)6-9/h5-7H,3-4H2,1-2H3. The summed E-state index contributed by atoms with van der Waals surface area (Å²) in [5.74, 6) is 0. The van der Waals surface area contributed by atoms with Crippen LogP contribution >= 0.6 is 11.3 Å². The Morgan fingerprint density at radius 3 is 2.76 bits per heavy atom. The number of nitriles is 1. The highest BCUT2D eigenvalue weighted by molar-refractivity contribution is 7.16. The maximum Gasteiger partial charge on any atom is 0.110 e. The van der Waals surface area contributed by atoms with Crippen molar-refractivity contribution in [1.29, 1.82) is 5.26 Å². The molecule has 0 spiro atoms. The second-order valence-corrected chi connectivity index (χ2v) is 5.74. The van der Waals surface area contributed by atoms with Gasteiger partial charge in [-0.3, -0.25) is 0 Å². The van der Waals surface area contributed by atoms with Gasteiger partial charge in [0.05, 0.1) is 0 Å². The molecule has 84 valence electrons. The Morgan fingerprint density at radius 1 is 1.18 bits per heavy atom. The van der Waals surface area contributed by atoms with Crippen LogP contribution in [-0.4, -0.2) is 0 Å². The molecule has 0 saturated carbocycles. The number of benzene rings is 1. The highest BCUT2D eigenvalue weighted by Crippen LogP contribution is 2.40. The van der Waals surface area contributed by atoms with Gasteiger partial charge >= 0.3 is 0 Å². The molecule has 1 heterocycles. The summed E-state index contributed by atoms with van der Waals surface area (Å²) in [5, 5.41) is 9.00. The maximum atomic E-state index is 9.00. The summed E-state index contributed by atoms with van der Waals surface area (Å²) in [4.78, 5) is 2.15. The van der Waals surface area contributed by atoms with Gasteiger partial charge in [0.15, 0.2) is 0 Å². The third-order valence-corrected chi connectivity index (χ3v) is 4.54. The quantitative estimate of drug-likeness (QED) is 0.681. The number of hydrogen-bond acceptors (Lipinski definition) is 2. The first-order valence-corrected chi connectivity index (χ1v) is 6.64. The van der Waals surface area contributed by atoms with Crippen molar-refractivity contribution in [2.75, 3.05) is 0 Å². The van der Waals surface area contributed by atoms with Crippen molar-refractivity contribution in [1.82, 2.24) is 0 Å². The monoisotopic (exact) mass is 239 g/mol. The molecular formula is C15H13NS. The van der Waals surface area contributed by atoms with Gasteiger partial charge in [-0.25, -0.2) is 0 Å². The summed E-state index contributed by atoms with van der Waals surface area (Å²) in [6.07, 6.45) is 2.18. The van der Waals surface area contributed by atoms with Gasteiger partial charge in [0.2, 0.25) is 0 Å². The minimum atomic E-state index is 0.835. The van der Waals surface area contributed by atoms with Crippen molar-refractivity contribution in [2.24, 2.45) is 0 Å². The molecule has 1 aromatic carbocycles. The molecule has 1 aliphatic carbocycles. The molecule has 0 saturated heterocycles. The van der Waals surface area contributed by atoms with Gasteiger partial charge < -0.3 is 0 Å². The van der Waals surface area contributed by atoms with E-state index in [9.17, 15) is 0 Å². The van der Waals surface area contributed by atoms with Crippen LogP contribution in [0.25, 0.3) is 10.4 Å². The van der Waals surface area contributed by atoms with E-state index in [4.69, 9.17) is 5.26 Å². The van der Waals surface area contributed by atoms with E-state index in [0.29, 0.717) is 0 Å². The van der Waals surface area contributed by atoms with E-state index in [2.05, 4.69) is 38.1 Å². The fourth-order valence-electron chi connectivity index (χ4n) is 2.69. The van der Waals surface area contributed by atoms with Crippen LogP contribution in [-0.2, 0) is 12.8 Å². The van der Waals surface area contributed by atoms with Crippen LogP contribution in [0, 0.1) is 25.2 Å². The van der Waals surface area contributed by atoms with Crippen molar-refractivity contribution in [3.63, 3.8) is 0 Å². The molecule has 0 bridgehead atoms. The summed E-state index contributed by atoms with van der Waals surface area (Å²) >= 11 is 1.63. The van der Waals surface area contributed by atoms with Crippen LogP contribution < -0.4 is 0 Å². The first-order valence-electron chi connectivity index (χ1n) is 5.82. The van der Waals surface area contributed by atoms with E-state index in [0.717, 1.165) is 17.7 Å². The molecule has 0 aliphatic heterocycles. The number of nitrogens with zero attached hydrogens (tertiary/aromatic N) is 1. The zero-order chi connectivity index (χ0) is 12.0. The molecule has 1 aliphatic rings. The zero-order valence-electron chi connectivity index (χ0n) is 10.0. The smallest absolute Gasteiger partial charge is 0.110 e. The highest BCUT2D eigenvalue weighted by atomic mass is 32.1. The van der Waals surface area contributed by atoms with Crippen molar-refractivity contribution in [3.8, 4) is 16.5 Å². The van der Waals surface area contributed by atoms with Crippen LogP contribution in [0.15, 0.2) is 18.2 Å². The third kappa shape index (κ3) is 1.59. The van der Waals surface area contributed by atoms with Gasteiger partial charge in [-0.1, -0.05) is 17.7 Å². The molecule has 2 aromatic rings. The normalized spacial score (nSPS) is 12.8. The Morgan fingerprint density at radius 2 is 2.00 bits per heavy atom. The van der Waals surface area contributed by atoms with Gasteiger partial charge in [0, 0.05) is 4.88 Å². The second kappa shape index (κ2) is 3.72. The molecule has 3 rings (SSSR count). The van der Waals surface area contributed by atoms with Crippen LogP contribution in [0.4, 0.5) is 0 Å². The van der Waals surface area contributed by atoms with E-state index < -0.39 is 0 Å². The van der Waals surface area contributed by atoms with Crippen LogP contribution in [0.3, 0.4) is 0 Å². The Kier molecular flexibility index (Phi) is 2.31. The van der Waals surface area contributed by atoms with Crippen molar-refractivity contribution >= 4 is 11.3 Å². The molecule has 0 unspecified atom stereocenters. The molecule has 0 N–H and O–H groups in total. The molecule has 1 nitrogen and oxygen atoms in total. The predicted molar refractivity (Wildman–Crippen MR) is 71.4 cm³/mol. The SMILES string of the molecule is Cc1cc(C)c2c(c1)-c1sc(C#N)cc1CC2. The average molecular weight is 239 g/mol. The lowest BCUT2D eigenvalue weighted by Crippen LogP contribution is -2.03. The summed E-state index contributed by atoms with van der Waals surface area (Å²) in [6, 6.07) is 8.83. The highest BCUT2D eigenvalue weighted by Gasteiger charge is 2.20. The summed E-state index contributed by atoms with van der Waals surface area (Å²) in [5.41, 5.74) is 6.87. The number of rotatable bonds is 0. The molecule has 2 heteroatoms. The lowest BCUT2D eigenvalue weighted by Gasteiger charge is -2.19. The first-order chi connectivity index (χ1) is 8.19. The molecule has 0 amide bonds. The fraction of sp³-hybridized carbons (Fsp3) is 0.267. The van der Waals surface area contributed by atoms with Crippen LogP contribution in [0.5, 0.6) is 0 Å². The maximum absolute atomic E-state index is 9.00. The summed E-state index contributed by atoms with van der Waals surface area (Å²) in [7, 11) is 0. The van der Waals surface area contributed by atoms with E-state index in [1.807, 2.05) is 0 Å². The predicted octanol–water partition coefficient (Wildman–Crippen LogP) is 4.00. The lowest BCUT2D eigenvalue weighted by molar-refractivity contribution is 0.937.